The quantitative estimate of drug-likeness (QED) is 0.864. The van der Waals surface area contributed by atoms with E-state index in [1.54, 1.807) is 22.9 Å². The van der Waals surface area contributed by atoms with Crippen molar-refractivity contribution >= 4 is 17.7 Å². The van der Waals surface area contributed by atoms with Crippen LogP contribution in [0.2, 0.25) is 0 Å². The Morgan fingerprint density at radius 2 is 2.11 bits per heavy atom. The minimum atomic E-state index is -0.897. The number of carboxylic acids is 1. The van der Waals surface area contributed by atoms with E-state index in [2.05, 4.69) is 4.98 Å². The van der Waals surface area contributed by atoms with Crippen molar-refractivity contribution in [2.75, 3.05) is 5.75 Å². The van der Waals surface area contributed by atoms with Crippen LogP contribution >= 0.6 is 11.8 Å². The molecule has 0 radical (unpaired) electrons. The van der Waals surface area contributed by atoms with Gasteiger partial charge in [-0.15, -0.1) is 0 Å². The highest BCUT2D eigenvalue weighted by molar-refractivity contribution is 7.99. The van der Waals surface area contributed by atoms with Gasteiger partial charge < -0.3 is 5.11 Å². The molecule has 0 fully saturated rings. The van der Waals surface area contributed by atoms with Gasteiger partial charge in [-0.25, -0.2) is 9.37 Å². The topological polar surface area (TPSA) is 55.1 Å². The molecule has 0 aliphatic carbocycles. The van der Waals surface area contributed by atoms with Crippen molar-refractivity contribution < 1.29 is 14.3 Å². The molecule has 2 aromatic rings. The van der Waals surface area contributed by atoms with Crippen molar-refractivity contribution in [3.8, 4) is 5.69 Å². The summed E-state index contributed by atoms with van der Waals surface area (Å²) < 4.78 is 14.7. The van der Waals surface area contributed by atoms with Gasteiger partial charge in [0.15, 0.2) is 5.16 Å². The first-order valence-corrected chi connectivity index (χ1v) is 6.21. The number of aryl methyl sites for hydroxylation is 1. The summed E-state index contributed by atoms with van der Waals surface area (Å²) in [5.41, 5.74) is 1.63. The molecule has 0 aliphatic heterocycles. The zero-order chi connectivity index (χ0) is 13.1. The van der Waals surface area contributed by atoms with E-state index in [-0.39, 0.29) is 11.6 Å². The van der Waals surface area contributed by atoms with Crippen molar-refractivity contribution in [3.63, 3.8) is 0 Å². The second kappa shape index (κ2) is 5.22. The maximum Gasteiger partial charge on any atom is 0.313 e. The lowest BCUT2D eigenvalue weighted by Crippen LogP contribution is -2.02. The molecule has 1 heterocycles. The average molecular weight is 266 g/mol. The fourth-order valence-corrected chi connectivity index (χ4v) is 2.31. The number of aromatic nitrogens is 2. The summed E-state index contributed by atoms with van der Waals surface area (Å²) >= 11 is 1.13. The number of aliphatic carboxylic acids is 1. The minimum Gasteiger partial charge on any atom is -0.481 e. The molecule has 2 rings (SSSR count). The lowest BCUT2D eigenvalue weighted by molar-refractivity contribution is -0.133. The van der Waals surface area contributed by atoms with Gasteiger partial charge in [-0.2, -0.15) is 0 Å². The van der Waals surface area contributed by atoms with Gasteiger partial charge in [0.2, 0.25) is 0 Å². The number of benzene rings is 1. The van der Waals surface area contributed by atoms with Crippen LogP contribution in [0.15, 0.2) is 35.6 Å². The van der Waals surface area contributed by atoms with Crippen LogP contribution in [0.4, 0.5) is 4.39 Å². The van der Waals surface area contributed by atoms with Crippen LogP contribution in [0.3, 0.4) is 0 Å². The number of thioether (sulfide) groups is 1. The lowest BCUT2D eigenvalue weighted by atomic mass is 10.3. The second-order valence-corrected chi connectivity index (χ2v) is 4.62. The normalized spacial score (nSPS) is 10.6. The van der Waals surface area contributed by atoms with E-state index in [1.807, 2.05) is 6.92 Å². The molecular formula is C12H11FN2O2S. The summed E-state index contributed by atoms with van der Waals surface area (Å²) in [5.74, 6) is -1.26. The van der Waals surface area contributed by atoms with Crippen LogP contribution in [0.1, 0.15) is 5.69 Å². The Morgan fingerprint density at radius 1 is 1.44 bits per heavy atom. The van der Waals surface area contributed by atoms with E-state index in [4.69, 9.17) is 5.11 Å². The van der Waals surface area contributed by atoms with Crippen LogP contribution in [-0.2, 0) is 4.79 Å². The van der Waals surface area contributed by atoms with Gasteiger partial charge in [-0.3, -0.25) is 9.36 Å². The zero-order valence-corrected chi connectivity index (χ0v) is 10.4. The molecular weight excluding hydrogens is 255 g/mol. The van der Waals surface area contributed by atoms with Crippen LogP contribution in [0.5, 0.6) is 0 Å². The fraction of sp³-hybridized carbons (Fsp3) is 0.167. The Bertz CT molecular complexity index is 566. The van der Waals surface area contributed by atoms with Gasteiger partial charge in [0.1, 0.15) is 5.82 Å². The molecule has 0 saturated heterocycles. The summed E-state index contributed by atoms with van der Waals surface area (Å²) in [5, 5.41) is 9.26. The summed E-state index contributed by atoms with van der Waals surface area (Å²) in [6.45, 7) is 1.86. The van der Waals surface area contributed by atoms with Gasteiger partial charge in [0.25, 0.3) is 0 Å². The first-order valence-electron chi connectivity index (χ1n) is 5.23. The largest absolute Gasteiger partial charge is 0.481 e. The number of imidazole rings is 1. The zero-order valence-electron chi connectivity index (χ0n) is 9.63. The minimum absolute atomic E-state index is 0.0579. The number of hydrogen-bond donors (Lipinski definition) is 1. The molecule has 0 saturated carbocycles. The molecule has 94 valence electrons. The van der Waals surface area contributed by atoms with Gasteiger partial charge in [0, 0.05) is 17.6 Å². The molecule has 18 heavy (non-hydrogen) atoms. The van der Waals surface area contributed by atoms with Crippen LogP contribution in [0.25, 0.3) is 5.69 Å². The number of carbonyl (C=O) groups is 1. The van der Waals surface area contributed by atoms with E-state index in [9.17, 15) is 9.18 Å². The molecule has 0 spiro atoms. The van der Waals surface area contributed by atoms with Crippen molar-refractivity contribution in [3.05, 3.63) is 42.0 Å². The van der Waals surface area contributed by atoms with E-state index >= 15 is 0 Å². The number of hydrogen-bond acceptors (Lipinski definition) is 3. The van der Waals surface area contributed by atoms with Gasteiger partial charge >= 0.3 is 5.97 Å². The van der Waals surface area contributed by atoms with Gasteiger partial charge in [0.05, 0.1) is 5.75 Å². The Balaban J connectivity index is 2.34. The molecule has 1 aromatic heterocycles. The van der Waals surface area contributed by atoms with Crippen molar-refractivity contribution in [1.82, 2.24) is 9.55 Å². The smallest absolute Gasteiger partial charge is 0.313 e. The predicted octanol–water partition coefficient (Wildman–Crippen LogP) is 2.50. The molecule has 6 heteroatoms. The maximum absolute atomic E-state index is 12.9. The summed E-state index contributed by atoms with van der Waals surface area (Å²) in [4.78, 5) is 14.7. The predicted molar refractivity (Wildman–Crippen MR) is 66.6 cm³/mol. The molecule has 1 N–H and O–H groups in total. The van der Waals surface area contributed by atoms with Gasteiger partial charge in [-0.05, 0) is 31.2 Å². The summed E-state index contributed by atoms with van der Waals surface area (Å²) in [6.07, 6.45) is 1.66. The highest BCUT2D eigenvalue weighted by Crippen LogP contribution is 2.23. The molecule has 0 aliphatic rings. The highest BCUT2D eigenvalue weighted by atomic mass is 32.2. The third-order valence-corrected chi connectivity index (χ3v) is 3.25. The SMILES string of the molecule is Cc1cnc(SCC(=O)O)n1-c1ccc(F)cc1. The third-order valence-electron chi connectivity index (χ3n) is 2.32. The Kier molecular flexibility index (Phi) is 3.66. The van der Waals surface area contributed by atoms with Crippen molar-refractivity contribution in [1.29, 1.82) is 0 Å². The molecule has 4 nitrogen and oxygen atoms in total. The van der Waals surface area contributed by atoms with E-state index < -0.39 is 5.97 Å². The summed E-state index contributed by atoms with van der Waals surface area (Å²) in [6, 6.07) is 5.99. The Labute approximate surface area is 107 Å². The summed E-state index contributed by atoms with van der Waals surface area (Å²) in [7, 11) is 0. The third kappa shape index (κ3) is 2.70. The lowest BCUT2D eigenvalue weighted by Gasteiger charge is -2.08. The first kappa shape index (κ1) is 12.6. The number of halogens is 1. The van der Waals surface area contributed by atoms with Crippen molar-refractivity contribution in [2.24, 2.45) is 0 Å². The van der Waals surface area contributed by atoms with Crippen LogP contribution in [-0.4, -0.2) is 26.4 Å². The van der Waals surface area contributed by atoms with Crippen LogP contribution in [0, 0.1) is 12.7 Å². The van der Waals surface area contributed by atoms with Crippen LogP contribution < -0.4 is 0 Å². The average Bonchev–Trinajstić information content (AvgIpc) is 2.69. The van der Waals surface area contributed by atoms with E-state index in [1.165, 1.54) is 12.1 Å². The molecule has 0 atom stereocenters. The van der Waals surface area contributed by atoms with E-state index in [0.29, 0.717) is 5.16 Å². The molecule has 0 bridgehead atoms. The molecule has 0 amide bonds. The second-order valence-electron chi connectivity index (χ2n) is 3.68. The Hall–Kier alpha value is -1.82. The van der Waals surface area contributed by atoms with Gasteiger partial charge in [-0.1, -0.05) is 11.8 Å². The van der Waals surface area contributed by atoms with E-state index in [0.717, 1.165) is 23.1 Å². The highest BCUT2D eigenvalue weighted by Gasteiger charge is 2.11. The number of rotatable bonds is 4. The monoisotopic (exact) mass is 266 g/mol. The Morgan fingerprint density at radius 3 is 2.72 bits per heavy atom. The molecule has 1 aromatic carbocycles. The molecule has 0 unspecified atom stereocenters. The standard InChI is InChI=1S/C12H11FN2O2S/c1-8-6-14-12(18-7-11(16)17)15(8)10-4-2-9(13)3-5-10/h2-6H,7H2,1H3,(H,16,17). The number of nitrogens with zero attached hydrogens (tertiary/aromatic N) is 2. The maximum atomic E-state index is 12.9. The first-order chi connectivity index (χ1) is 8.58. The van der Waals surface area contributed by atoms with Crippen molar-refractivity contribution in [2.45, 2.75) is 12.1 Å². The number of carboxylic acid groups (broad SMARTS) is 1. The fourth-order valence-electron chi connectivity index (χ4n) is 1.55.